The molecule has 0 saturated carbocycles. The standard InChI is InChI=1S/C20H16N8O3/c1-10-7-15(23-19(31)16(29)12-8-21-14-6-4-3-5-11(12)14)28(26-10)20-24-17-13(18(30)25-20)9-22-27(17)2/h3-9,21H,1-2H3,(H,23,31)(H,24,25,30). The average molecular weight is 416 g/mol. The molecule has 1 aromatic carbocycles. The van der Waals surface area contributed by atoms with E-state index in [0.29, 0.717) is 22.1 Å². The highest BCUT2D eigenvalue weighted by molar-refractivity contribution is 6.48. The van der Waals surface area contributed by atoms with Crippen molar-refractivity contribution in [3.63, 3.8) is 0 Å². The fourth-order valence-corrected chi connectivity index (χ4v) is 3.43. The van der Waals surface area contributed by atoms with E-state index >= 15 is 0 Å². The van der Waals surface area contributed by atoms with Crippen LogP contribution in [-0.2, 0) is 11.8 Å². The number of ketones is 1. The van der Waals surface area contributed by atoms with Gasteiger partial charge in [-0.1, -0.05) is 18.2 Å². The van der Waals surface area contributed by atoms with Gasteiger partial charge in [-0.25, -0.2) is 0 Å². The Labute approximate surface area is 173 Å². The topological polar surface area (TPSA) is 143 Å². The Morgan fingerprint density at radius 3 is 2.81 bits per heavy atom. The highest BCUT2D eigenvalue weighted by atomic mass is 16.2. The van der Waals surface area contributed by atoms with E-state index in [-0.39, 0.29) is 17.3 Å². The number of hydrogen-bond acceptors (Lipinski definition) is 6. The highest BCUT2D eigenvalue weighted by Crippen LogP contribution is 2.20. The summed E-state index contributed by atoms with van der Waals surface area (Å²) in [6, 6.07) is 8.78. The van der Waals surface area contributed by atoms with Crippen LogP contribution in [0, 0.1) is 6.92 Å². The molecule has 0 bridgehead atoms. The number of nitrogens with one attached hydrogen (secondary N) is 3. The van der Waals surface area contributed by atoms with E-state index in [4.69, 9.17) is 0 Å². The van der Waals surface area contributed by atoms with Gasteiger partial charge in [0.2, 0.25) is 5.95 Å². The van der Waals surface area contributed by atoms with Crippen molar-refractivity contribution in [2.24, 2.45) is 7.05 Å². The van der Waals surface area contributed by atoms with Crippen LogP contribution in [0.3, 0.4) is 0 Å². The number of benzene rings is 1. The smallest absolute Gasteiger partial charge is 0.298 e. The molecule has 4 heterocycles. The van der Waals surface area contributed by atoms with E-state index in [9.17, 15) is 14.4 Å². The van der Waals surface area contributed by atoms with Crippen LogP contribution in [0.25, 0.3) is 27.9 Å². The highest BCUT2D eigenvalue weighted by Gasteiger charge is 2.22. The second kappa shape index (κ2) is 6.76. The number of aromatic nitrogens is 7. The molecule has 3 N–H and O–H groups in total. The summed E-state index contributed by atoms with van der Waals surface area (Å²) >= 11 is 0. The largest absolute Gasteiger partial charge is 0.360 e. The number of carbonyl (C=O) groups excluding carboxylic acids is 2. The number of aromatic amines is 2. The van der Waals surface area contributed by atoms with Gasteiger partial charge in [-0.05, 0) is 13.0 Å². The first kappa shape index (κ1) is 18.5. The number of hydrogen-bond donors (Lipinski definition) is 3. The normalized spacial score (nSPS) is 11.3. The second-order valence-corrected chi connectivity index (χ2v) is 7.01. The van der Waals surface area contributed by atoms with Crippen molar-refractivity contribution in [1.29, 1.82) is 0 Å². The number of anilines is 1. The zero-order valence-corrected chi connectivity index (χ0v) is 16.5. The summed E-state index contributed by atoms with van der Waals surface area (Å²) < 4.78 is 2.73. The molecular weight excluding hydrogens is 400 g/mol. The molecule has 11 nitrogen and oxygen atoms in total. The number of H-pyrrole nitrogens is 2. The van der Waals surface area contributed by atoms with Gasteiger partial charge in [-0.2, -0.15) is 19.9 Å². The molecule has 5 rings (SSSR count). The molecule has 0 radical (unpaired) electrons. The molecule has 11 heteroatoms. The lowest BCUT2D eigenvalue weighted by molar-refractivity contribution is -0.112. The van der Waals surface area contributed by atoms with Gasteiger partial charge in [0.1, 0.15) is 11.2 Å². The molecule has 0 aliphatic heterocycles. The Kier molecular flexibility index (Phi) is 4.03. The quantitative estimate of drug-likeness (QED) is 0.299. The Morgan fingerprint density at radius 1 is 1.16 bits per heavy atom. The molecule has 5 aromatic rings. The van der Waals surface area contributed by atoms with Gasteiger partial charge < -0.3 is 10.3 Å². The molecule has 4 aromatic heterocycles. The molecular formula is C20H16N8O3. The van der Waals surface area contributed by atoms with Crippen LogP contribution in [0.15, 0.2) is 47.5 Å². The molecule has 0 atom stereocenters. The van der Waals surface area contributed by atoms with Gasteiger partial charge in [0.25, 0.3) is 17.2 Å². The van der Waals surface area contributed by atoms with Crippen LogP contribution in [0.4, 0.5) is 5.82 Å². The van der Waals surface area contributed by atoms with Crippen LogP contribution in [0.5, 0.6) is 0 Å². The number of Topliss-reactive ketones (excluding diaryl/α,β-unsaturated/α-hetero) is 1. The van der Waals surface area contributed by atoms with Crippen molar-refractivity contribution < 1.29 is 9.59 Å². The van der Waals surface area contributed by atoms with Crippen LogP contribution in [0.1, 0.15) is 16.1 Å². The summed E-state index contributed by atoms with van der Waals surface area (Å²) in [7, 11) is 1.66. The first-order valence-corrected chi connectivity index (χ1v) is 9.33. The van der Waals surface area contributed by atoms with Crippen LogP contribution in [0.2, 0.25) is 0 Å². The predicted molar refractivity (Wildman–Crippen MR) is 112 cm³/mol. The summed E-state index contributed by atoms with van der Waals surface area (Å²) in [6.07, 6.45) is 2.92. The summed E-state index contributed by atoms with van der Waals surface area (Å²) in [5.41, 5.74) is 1.54. The molecule has 31 heavy (non-hydrogen) atoms. The molecule has 0 saturated heterocycles. The molecule has 154 valence electrons. The number of amides is 1. The maximum Gasteiger partial charge on any atom is 0.298 e. The zero-order valence-electron chi connectivity index (χ0n) is 16.5. The van der Waals surface area contributed by atoms with Gasteiger partial charge in [-0.3, -0.25) is 24.0 Å². The Balaban J connectivity index is 1.51. The van der Waals surface area contributed by atoms with E-state index in [0.717, 1.165) is 5.52 Å². The summed E-state index contributed by atoms with van der Waals surface area (Å²) in [5.74, 6) is -1.26. The Bertz CT molecular complexity index is 1550. The van der Waals surface area contributed by atoms with Gasteiger partial charge in [0.05, 0.1) is 17.5 Å². The molecule has 0 aliphatic carbocycles. The average Bonchev–Trinajstić information content (AvgIpc) is 3.45. The number of para-hydroxylation sites is 1. The number of fused-ring (bicyclic) bond motifs is 2. The third-order valence-corrected chi connectivity index (χ3v) is 4.90. The van der Waals surface area contributed by atoms with Crippen molar-refractivity contribution in [2.75, 3.05) is 5.32 Å². The fraction of sp³-hybridized carbons (Fsp3) is 0.100. The third kappa shape index (κ3) is 2.99. The van der Waals surface area contributed by atoms with Gasteiger partial charge in [0, 0.05) is 30.2 Å². The second-order valence-electron chi connectivity index (χ2n) is 7.01. The number of rotatable bonds is 4. The summed E-state index contributed by atoms with van der Waals surface area (Å²) in [6.45, 7) is 1.72. The van der Waals surface area contributed by atoms with Crippen molar-refractivity contribution >= 4 is 39.4 Å². The Hall–Kier alpha value is -4.54. The van der Waals surface area contributed by atoms with Gasteiger partial charge >= 0.3 is 0 Å². The SMILES string of the molecule is Cc1cc(NC(=O)C(=O)c2c[nH]c3ccccc23)n(-c2nc3c(cnn3C)c(=O)[nH]2)n1. The number of carbonyl (C=O) groups is 2. The lowest BCUT2D eigenvalue weighted by Gasteiger charge is -2.08. The molecule has 0 unspecified atom stereocenters. The van der Waals surface area contributed by atoms with Gasteiger partial charge in [0.15, 0.2) is 5.65 Å². The van der Waals surface area contributed by atoms with Crippen LogP contribution < -0.4 is 10.9 Å². The number of nitrogens with zero attached hydrogens (tertiary/aromatic N) is 5. The van der Waals surface area contributed by atoms with Crippen molar-refractivity contribution in [3.8, 4) is 5.95 Å². The van der Waals surface area contributed by atoms with Crippen molar-refractivity contribution in [2.45, 2.75) is 6.92 Å². The minimum Gasteiger partial charge on any atom is -0.360 e. The van der Waals surface area contributed by atoms with Crippen LogP contribution in [-0.4, -0.2) is 46.2 Å². The monoisotopic (exact) mass is 416 g/mol. The van der Waals surface area contributed by atoms with Gasteiger partial charge in [-0.15, -0.1) is 0 Å². The predicted octanol–water partition coefficient (Wildman–Crippen LogP) is 1.45. The summed E-state index contributed by atoms with van der Waals surface area (Å²) in [5, 5.41) is 11.9. The van der Waals surface area contributed by atoms with E-state index in [1.165, 1.54) is 21.8 Å². The lowest BCUT2D eigenvalue weighted by atomic mass is 10.1. The molecule has 1 amide bonds. The molecule has 0 aliphatic rings. The minimum absolute atomic E-state index is 0.0871. The van der Waals surface area contributed by atoms with Crippen molar-refractivity contribution in [3.05, 3.63) is 64.3 Å². The first-order valence-electron chi connectivity index (χ1n) is 9.33. The fourth-order valence-electron chi connectivity index (χ4n) is 3.43. The maximum atomic E-state index is 12.8. The van der Waals surface area contributed by atoms with E-state index in [2.05, 4.69) is 30.5 Å². The van der Waals surface area contributed by atoms with E-state index in [1.54, 1.807) is 32.2 Å². The molecule has 0 spiro atoms. The lowest BCUT2D eigenvalue weighted by Crippen LogP contribution is -2.25. The first-order chi connectivity index (χ1) is 14.9. The van der Waals surface area contributed by atoms with Crippen molar-refractivity contribution in [1.82, 2.24) is 34.5 Å². The van der Waals surface area contributed by atoms with Crippen LogP contribution >= 0.6 is 0 Å². The minimum atomic E-state index is -0.838. The number of aryl methyl sites for hydroxylation is 2. The molecule has 0 fully saturated rings. The van der Waals surface area contributed by atoms with E-state index in [1.807, 2.05) is 12.1 Å². The zero-order chi connectivity index (χ0) is 21.7. The van der Waals surface area contributed by atoms with E-state index < -0.39 is 17.2 Å². The Morgan fingerprint density at radius 2 is 1.97 bits per heavy atom. The third-order valence-electron chi connectivity index (χ3n) is 4.90. The summed E-state index contributed by atoms with van der Waals surface area (Å²) in [4.78, 5) is 47.9. The maximum absolute atomic E-state index is 12.8.